The van der Waals surface area contributed by atoms with Gasteiger partial charge in [-0.15, -0.1) is 0 Å². The van der Waals surface area contributed by atoms with Crippen molar-refractivity contribution < 1.29 is 26.7 Å². The Kier molecular flexibility index (Phi) is 12.2. The first-order valence-corrected chi connectivity index (χ1v) is 9.60. The second-order valence-electron chi connectivity index (χ2n) is 7.84. The summed E-state index contributed by atoms with van der Waals surface area (Å²) in [6.07, 6.45) is 9.49. The van der Waals surface area contributed by atoms with Gasteiger partial charge in [0.2, 0.25) is 0 Å². The number of hydrogen-bond donors (Lipinski definition) is 1. The minimum absolute atomic E-state index is 0. The van der Waals surface area contributed by atoms with E-state index < -0.39 is 6.10 Å². The van der Waals surface area contributed by atoms with Crippen LogP contribution in [0.3, 0.4) is 0 Å². The number of nitrogens with zero attached hydrogens (tertiary/aromatic N) is 1. The summed E-state index contributed by atoms with van der Waals surface area (Å²) in [7, 11) is 6.16. The molecule has 146 valence electrons. The maximum Gasteiger partial charge on any atom is 0.258 e. The topological polar surface area (TPSA) is 29.5 Å². The molecule has 25 heavy (non-hydrogen) atoms. The number of benzene rings is 1. The highest BCUT2D eigenvalue weighted by atomic mass is 35.5. The molecular formula is C21H38ClNO2. The summed E-state index contributed by atoms with van der Waals surface area (Å²) in [5, 5.41) is 10.1. The molecule has 0 saturated carbocycles. The van der Waals surface area contributed by atoms with Crippen molar-refractivity contribution in [1.82, 2.24) is 0 Å². The van der Waals surface area contributed by atoms with E-state index in [1.54, 1.807) is 6.92 Å². The standard InChI is InChI=1S/C21H38NO2.ClH/c1-6-7-8-9-10-11-12-15-19-16-13-14-17-20(19)24-21(18(2)23)22(3,4)5;/h13-14,16-18,21,23H,6-12,15H2,1-5H3;1H/q+1;/p-1. The molecule has 1 aromatic rings. The molecule has 4 heteroatoms. The Bertz CT molecular complexity index is 457. The van der Waals surface area contributed by atoms with Gasteiger partial charge < -0.3 is 22.3 Å². The summed E-state index contributed by atoms with van der Waals surface area (Å²) in [6, 6.07) is 8.27. The molecule has 0 aliphatic rings. The van der Waals surface area contributed by atoms with Crippen molar-refractivity contribution in [3.8, 4) is 5.75 Å². The van der Waals surface area contributed by atoms with Crippen LogP contribution in [0.2, 0.25) is 0 Å². The zero-order valence-electron chi connectivity index (χ0n) is 16.8. The van der Waals surface area contributed by atoms with Crippen LogP contribution in [0.15, 0.2) is 24.3 Å². The van der Waals surface area contributed by atoms with Crippen LogP contribution in [-0.2, 0) is 6.42 Å². The highest BCUT2D eigenvalue weighted by Gasteiger charge is 2.31. The number of aliphatic hydroxyl groups is 1. The molecule has 0 saturated heterocycles. The van der Waals surface area contributed by atoms with Crippen LogP contribution in [0.4, 0.5) is 0 Å². The van der Waals surface area contributed by atoms with E-state index in [9.17, 15) is 5.11 Å². The second kappa shape index (κ2) is 12.6. The van der Waals surface area contributed by atoms with E-state index in [2.05, 4.69) is 40.2 Å². The molecule has 1 rings (SSSR count). The Labute approximate surface area is 161 Å². The maximum absolute atomic E-state index is 10.1. The number of ether oxygens (including phenoxy) is 1. The lowest BCUT2D eigenvalue weighted by molar-refractivity contribution is -0.918. The molecule has 2 unspecified atom stereocenters. The predicted octanol–water partition coefficient (Wildman–Crippen LogP) is 1.78. The van der Waals surface area contributed by atoms with E-state index in [0.29, 0.717) is 4.48 Å². The van der Waals surface area contributed by atoms with Crippen molar-refractivity contribution in [3.05, 3.63) is 29.8 Å². The predicted molar refractivity (Wildman–Crippen MR) is 102 cm³/mol. The zero-order chi connectivity index (χ0) is 18.0. The van der Waals surface area contributed by atoms with E-state index in [1.807, 2.05) is 12.1 Å². The third kappa shape index (κ3) is 9.48. The van der Waals surface area contributed by atoms with Crippen LogP contribution in [-0.4, -0.2) is 43.1 Å². The molecule has 0 amide bonds. The summed E-state index contributed by atoms with van der Waals surface area (Å²) in [4.78, 5) is 0. The summed E-state index contributed by atoms with van der Waals surface area (Å²) in [5.74, 6) is 0.919. The average Bonchev–Trinajstić information content (AvgIpc) is 2.51. The van der Waals surface area contributed by atoms with Gasteiger partial charge >= 0.3 is 0 Å². The fourth-order valence-corrected chi connectivity index (χ4v) is 3.13. The van der Waals surface area contributed by atoms with Crippen molar-refractivity contribution >= 4 is 0 Å². The number of aryl methyl sites for hydroxylation is 1. The van der Waals surface area contributed by atoms with Gasteiger partial charge in [0.1, 0.15) is 11.9 Å². The lowest BCUT2D eigenvalue weighted by atomic mass is 10.0. The SMILES string of the molecule is CCCCCCCCCc1ccccc1OC(C(C)O)[N+](C)(C)C.[Cl-]. The Morgan fingerprint density at radius 2 is 1.52 bits per heavy atom. The molecule has 0 aromatic heterocycles. The highest BCUT2D eigenvalue weighted by Crippen LogP contribution is 2.24. The lowest BCUT2D eigenvalue weighted by Gasteiger charge is -2.35. The van der Waals surface area contributed by atoms with Crippen LogP contribution in [0.25, 0.3) is 0 Å². The summed E-state index contributed by atoms with van der Waals surface area (Å²) < 4.78 is 6.78. The summed E-state index contributed by atoms with van der Waals surface area (Å²) >= 11 is 0. The van der Waals surface area contributed by atoms with Gasteiger partial charge in [-0.2, -0.15) is 0 Å². The van der Waals surface area contributed by atoms with Crippen molar-refractivity contribution in [3.63, 3.8) is 0 Å². The molecule has 0 bridgehead atoms. The highest BCUT2D eigenvalue weighted by molar-refractivity contribution is 5.33. The number of unbranched alkanes of at least 4 members (excludes halogenated alkanes) is 6. The van der Waals surface area contributed by atoms with Gasteiger partial charge in [-0.3, -0.25) is 4.48 Å². The van der Waals surface area contributed by atoms with Gasteiger partial charge in [-0.25, -0.2) is 0 Å². The summed E-state index contributed by atoms with van der Waals surface area (Å²) in [5.41, 5.74) is 1.25. The van der Waals surface area contributed by atoms with Gasteiger partial charge in [0, 0.05) is 0 Å². The number of para-hydroxylation sites is 1. The van der Waals surface area contributed by atoms with E-state index in [0.717, 1.165) is 12.2 Å². The fraction of sp³-hybridized carbons (Fsp3) is 0.714. The molecule has 0 aliphatic heterocycles. The van der Waals surface area contributed by atoms with E-state index >= 15 is 0 Å². The molecule has 0 aliphatic carbocycles. The van der Waals surface area contributed by atoms with E-state index in [4.69, 9.17) is 4.74 Å². The number of quaternary nitrogens is 1. The van der Waals surface area contributed by atoms with Crippen LogP contribution in [0, 0.1) is 0 Å². The normalized spacial score (nSPS) is 13.8. The number of hydrogen-bond acceptors (Lipinski definition) is 2. The summed E-state index contributed by atoms with van der Waals surface area (Å²) in [6.45, 7) is 4.06. The maximum atomic E-state index is 10.1. The largest absolute Gasteiger partial charge is 1.00 e. The van der Waals surface area contributed by atoms with Crippen LogP contribution >= 0.6 is 0 Å². The Hall–Kier alpha value is -0.770. The Morgan fingerprint density at radius 1 is 0.960 bits per heavy atom. The van der Waals surface area contributed by atoms with Gasteiger partial charge in [-0.05, 0) is 31.4 Å². The van der Waals surface area contributed by atoms with Gasteiger partial charge in [0.25, 0.3) is 6.23 Å². The van der Waals surface area contributed by atoms with Crippen LogP contribution in [0.1, 0.15) is 64.4 Å². The minimum Gasteiger partial charge on any atom is -1.00 e. The Morgan fingerprint density at radius 3 is 2.08 bits per heavy atom. The molecule has 0 spiro atoms. The lowest BCUT2D eigenvalue weighted by Crippen LogP contribution is -3.00. The fourth-order valence-electron chi connectivity index (χ4n) is 3.13. The number of halogens is 1. The van der Waals surface area contributed by atoms with Crippen molar-refractivity contribution in [2.45, 2.75) is 77.5 Å². The van der Waals surface area contributed by atoms with E-state index in [1.165, 1.54) is 50.5 Å². The minimum atomic E-state index is -0.517. The quantitative estimate of drug-likeness (QED) is 0.345. The molecule has 3 nitrogen and oxygen atoms in total. The van der Waals surface area contributed by atoms with Crippen LogP contribution in [0.5, 0.6) is 5.75 Å². The number of aliphatic hydroxyl groups excluding tert-OH is 1. The third-order valence-electron chi connectivity index (χ3n) is 4.45. The third-order valence-corrected chi connectivity index (χ3v) is 4.45. The molecule has 0 heterocycles. The average molecular weight is 372 g/mol. The molecule has 0 fully saturated rings. The Balaban J connectivity index is 0.00000576. The molecule has 0 radical (unpaired) electrons. The molecule has 2 atom stereocenters. The smallest absolute Gasteiger partial charge is 0.258 e. The first kappa shape index (κ1) is 24.2. The molecule has 1 N–H and O–H groups in total. The monoisotopic (exact) mass is 371 g/mol. The first-order valence-electron chi connectivity index (χ1n) is 9.60. The van der Waals surface area contributed by atoms with Crippen LogP contribution < -0.4 is 17.1 Å². The number of likely N-dealkylation sites (N-methyl/N-ethyl adjacent to an activating group) is 1. The van der Waals surface area contributed by atoms with Gasteiger partial charge in [0.05, 0.1) is 21.1 Å². The first-order chi connectivity index (χ1) is 11.4. The van der Waals surface area contributed by atoms with Crippen molar-refractivity contribution in [2.75, 3.05) is 21.1 Å². The van der Waals surface area contributed by atoms with Crippen molar-refractivity contribution in [2.24, 2.45) is 0 Å². The van der Waals surface area contributed by atoms with Gasteiger partial charge in [0.15, 0.2) is 0 Å². The second-order valence-corrected chi connectivity index (χ2v) is 7.84. The van der Waals surface area contributed by atoms with Gasteiger partial charge in [-0.1, -0.05) is 63.6 Å². The molecule has 1 aromatic carbocycles. The van der Waals surface area contributed by atoms with Crippen molar-refractivity contribution in [1.29, 1.82) is 0 Å². The molecular weight excluding hydrogens is 334 g/mol. The van der Waals surface area contributed by atoms with E-state index in [-0.39, 0.29) is 18.6 Å². The zero-order valence-corrected chi connectivity index (χ0v) is 17.6. The number of rotatable bonds is 12.